The number of fused-ring (bicyclic) bond motifs is 1. The van der Waals surface area contributed by atoms with E-state index in [9.17, 15) is 5.11 Å². The average molecular weight is 217 g/mol. The summed E-state index contributed by atoms with van der Waals surface area (Å²) in [6, 6.07) is 6.66. The highest BCUT2D eigenvalue weighted by Gasteiger charge is 2.09. The van der Waals surface area contributed by atoms with E-state index in [1.807, 2.05) is 6.07 Å². The summed E-state index contributed by atoms with van der Waals surface area (Å²) in [4.78, 5) is 0. The van der Waals surface area contributed by atoms with Gasteiger partial charge < -0.3 is 9.67 Å². The van der Waals surface area contributed by atoms with Gasteiger partial charge >= 0.3 is 0 Å². The van der Waals surface area contributed by atoms with Crippen LogP contribution in [0.1, 0.15) is 44.0 Å². The first-order valence-electron chi connectivity index (χ1n) is 5.80. The van der Waals surface area contributed by atoms with Gasteiger partial charge in [0.2, 0.25) is 0 Å². The van der Waals surface area contributed by atoms with Crippen LogP contribution in [0.15, 0.2) is 24.4 Å². The molecule has 0 saturated carbocycles. The lowest BCUT2D eigenvalue weighted by Crippen LogP contribution is -1.98. The third-order valence-corrected chi connectivity index (χ3v) is 3.10. The van der Waals surface area contributed by atoms with Gasteiger partial charge in [0.25, 0.3) is 0 Å². The number of rotatable bonds is 2. The van der Waals surface area contributed by atoms with Crippen molar-refractivity contribution >= 4 is 10.9 Å². The van der Waals surface area contributed by atoms with Crippen molar-refractivity contribution in [2.24, 2.45) is 0 Å². The lowest BCUT2D eigenvalue weighted by molar-refractivity contribution is 0.199. The molecule has 0 aliphatic rings. The minimum Gasteiger partial charge on any atom is -0.389 e. The molecule has 2 nitrogen and oxygen atoms in total. The van der Waals surface area contributed by atoms with Crippen molar-refractivity contribution in [3.05, 3.63) is 35.5 Å². The van der Waals surface area contributed by atoms with Crippen LogP contribution in [0.25, 0.3) is 10.9 Å². The molecule has 0 radical (unpaired) electrons. The Hall–Kier alpha value is -1.28. The summed E-state index contributed by atoms with van der Waals surface area (Å²) in [5.74, 6) is 0. The summed E-state index contributed by atoms with van der Waals surface area (Å²) in [5, 5.41) is 10.8. The Morgan fingerprint density at radius 2 is 1.88 bits per heavy atom. The van der Waals surface area contributed by atoms with Crippen molar-refractivity contribution in [3.8, 4) is 0 Å². The molecule has 1 aromatic heterocycles. The molecule has 1 aromatic carbocycles. The Balaban J connectivity index is 2.67. The van der Waals surface area contributed by atoms with Gasteiger partial charge in [-0.2, -0.15) is 0 Å². The van der Waals surface area contributed by atoms with Gasteiger partial charge in [-0.05, 0) is 51.0 Å². The molecule has 16 heavy (non-hydrogen) atoms. The monoisotopic (exact) mass is 217 g/mol. The molecule has 86 valence electrons. The number of aliphatic hydroxyl groups is 1. The van der Waals surface area contributed by atoms with E-state index in [4.69, 9.17) is 0 Å². The topological polar surface area (TPSA) is 25.2 Å². The molecule has 0 amide bonds. The van der Waals surface area contributed by atoms with E-state index >= 15 is 0 Å². The zero-order valence-electron chi connectivity index (χ0n) is 10.4. The number of aliphatic hydroxyl groups excluding tert-OH is 1. The van der Waals surface area contributed by atoms with E-state index in [0.717, 1.165) is 5.56 Å². The molecule has 0 spiro atoms. The van der Waals surface area contributed by atoms with E-state index in [-0.39, 0.29) is 0 Å². The maximum Gasteiger partial charge on any atom is 0.0762 e. The highest BCUT2D eigenvalue weighted by Crippen LogP contribution is 2.27. The van der Waals surface area contributed by atoms with Crippen LogP contribution < -0.4 is 0 Å². The standard InChI is InChI=1S/C14H19NO/c1-9(2)15-8-10(3)13-7-12(11(4)16)5-6-14(13)15/h5-9,11,16H,1-4H3. The van der Waals surface area contributed by atoms with Crippen LogP contribution >= 0.6 is 0 Å². The van der Waals surface area contributed by atoms with Crippen LogP contribution in [0.2, 0.25) is 0 Å². The maximum atomic E-state index is 9.58. The van der Waals surface area contributed by atoms with E-state index in [0.29, 0.717) is 6.04 Å². The molecular formula is C14H19NO. The predicted octanol–water partition coefficient (Wildman–Crippen LogP) is 3.58. The minimum absolute atomic E-state index is 0.397. The molecule has 0 fully saturated rings. The quantitative estimate of drug-likeness (QED) is 0.817. The second-order valence-corrected chi connectivity index (χ2v) is 4.77. The summed E-state index contributed by atoms with van der Waals surface area (Å²) in [6.07, 6.45) is 1.78. The zero-order chi connectivity index (χ0) is 11.9. The van der Waals surface area contributed by atoms with Crippen LogP contribution in [-0.2, 0) is 0 Å². The highest BCUT2D eigenvalue weighted by molar-refractivity contribution is 5.84. The van der Waals surface area contributed by atoms with Gasteiger partial charge in [-0.3, -0.25) is 0 Å². The Bertz CT molecular complexity index is 509. The van der Waals surface area contributed by atoms with Gasteiger partial charge in [0.1, 0.15) is 0 Å². The molecule has 1 unspecified atom stereocenters. The van der Waals surface area contributed by atoms with Crippen molar-refractivity contribution in [1.82, 2.24) is 4.57 Å². The molecule has 2 rings (SSSR count). The second kappa shape index (κ2) is 3.95. The Morgan fingerprint density at radius 1 is 1.19 bits per heavy atom. The highest BCUT2D eigenvalue weighted by atomic mass is 16.3. The largest absolute Gasteiger partial charge is 0.389 e. The lowest BCUT2D eigenvalue weighted by Gasteiger charge is -2.10. The van der Waals surface area contributed by atoms with E-state index in [2.05, 4.69) is 43.7 Å². The van der Waals surface area contributed by atoms with Crippen molar-refractivity contribution in [3.63, 3.8) is 0 Å². The third kappa shape index (κ3) is 1.74. The van der Waals surface area contributed by atoms with Crippen molar-refractivity contribution in [2.75, 3.05) is 0 Å². The van der Waals surface area contributed by atoms with Crippen molar-refractivity contribution < 1.29 is 5.11 Å². The van der Waals surface area contributed by atoms with E-state index < -0.39 is 6.10 Å². The van der Waals surface area contributed by atoms with Crippen LogP contribution in [0, 0.1) is 6.92 Å². The van der Waals surface area contributed by atoms with Gasteiger partial charge in [-0.1, -0.05) is 6.07 Å². The van der Waals surface area contributed by atoms with Crippen molar-refractivity contribution in [1.29, 1.82) is 0 Å². The third-order valence-electron chi connectivity index (χ3n) is 3.10. The minimum atomic E-state index is -0.397. The first-order valence-corrected chi connectivity index (χ1v) is 5.80. The summed E-state index contributed by atoms with van der Waals surface area (Å²) >= 11 is 0. The van der Waals surface area contributed by atoms with Crippen LogP contribution in [0.5, 0.6) is 0 Å². The van der Waals surface area contributed by atoms with Gasteiger partial charge in [0.05, 0.1) is 6.10 Å². The van der Waals surface area contributed by atoms with Crippen molar-refractivity contribution in [2.45, 2.75) is 39.8 Å². The van der Waals surface area contributed by atoms with Gasteiger partial charge in [0.15, 0.2) is 0 Å². The molecule has 1 heterocycles. The number of aryl methyl sites for hydroxylation is 1. The fourth-order valence-corrected chi connectivity index (χ4v) is 2.13. The SMILES string of the molecule is Cc1cn(C(C)C)c2ccc(C(C)O)cc12. The van der Waals surface area contributed by atoms with E-state index in [1.165, 1.54) is 16.5 Å². The lowest BCUT2D eigenvalue weighted by atomic mass is 10.1. The number of benzene rings is 1. The fourth-order valence-electron chi connectivity index (χ4n) is 2.13. The molecule has 1 N–H and O–H groups in total. The van der Waals surface area contributed by atoms with Crippen LogP contribution in [0.4, 0.5) is 0 Å². The molecule has 0 aliphatic heterocycles. The van der Waals surface area contributed by atoms with Gasteiger partial charge in [-0.25, -0.2) is 0 Å². The Kier molecular flexibility index (Phi) is 2.76. The molecule has 2 aromatic rings. The zero-order valence-corrected chi connectivity index (χ0v) is 10.4. The molecule has 2 heteroatoms. The Morgan fingerprint density at radius 3 is 2.44 bits per heavy atom. The smallest absolute Gasteiger partial charge is 0.0762 e. The average Bonchev–Trinajstić information content (AvgIpc) is 2.56. The number of nitrogens with zero attached hydrogens (tertiary/aromatic N) is 1. The second-order valence-electron chi connectivity index (χ2n) is 4.77. The molecular weight excluding hydrogens is 198 g/mol. The van der Waals surface area contributed by atoms with E-state index in [1.54, 1.807) is 6.92 Å². The van der Waals surface area contributed by atoms with Gasteiger partial charge in [0, 0.05) is 23.1 Å². The molecule has 0 aliphatic carbocycles. The maximum absolute atomic E-state index is 9.58. The first kappa shape index (κ1) is 11.2. The summed E-state index contributed by atoms with van der Waals surface area (Å²) in [6.45, 7) is 8.28. The summed E-state index contributed by atoms with van der Waals surface area (Å²) in [7, 11) is 0. The first-order chi connectivity index (χ1) is 7.50. The summed E-state index contributed by atoms with van der Waals surface area (Å²) in [5.41, 5.74) is 3.50. The predicted molar refractivity (Wildman–Crippen MR) is 67.7 cm³/mol. The normalized spacial score (nSPS) is 13.6. The van der Waals surface area contributed by atoms with Crippen LogP contribution in [-0.4, -0.2) is 9.67 Å². The molecule has 0 bridgehead atoms. The number of hydrogen-bond donors (Lipinski definition) is 1. The molecule has 1 atom stereocenters. The molecule has 0 saturated heterocycles. The fraction of sp³-hybridized carbons (Fsp3) is 0.429. The number of aromatic nitrogens is 1. The number of hydrogen-bond acceptors (Lipinski definition) is 1. The summed E-state index contributed by atoms with van der Waals surface area (Å²) < 4.78 is 2.27. The Labute approximate surface area is 96.5 Å². The van der Waals surface area contributed by atoms with Gasteiger partial charge in [-0.15, -0.1) is 0 Å². The van der Waals surface area contributed by atoms with Crippen LogP contribution in [0.3, 0.4) is 0 Å².